The van der Waals surface area contributed by atoms with Crippen LogP contribution in [0.2, 0.25) is 0 Å². The highest BCUT2D eigenvalue weighted by Gasteiger charge is 2.12. The van der Waals surface area contributed by atoms with Crippen molar-refractivity contribution in [3.63, 3.8) is 0 Å². The molecule has 0 atom stereocenters. The van der Waals surface area contributed by atoms with E-state index in [-0.39, 0.29) is 11.5 Å². The summed E-state index contributed by atoms with van der Waals surface area (Å²) < 4.78 is 15.3. The van der Waals surface area contributed by atoms with Gasteiger partial charge in [0.25, 0.3) is 5.69 Å². The molecular weight excluding hydrogens is 381 g/mol. The molecule has 0 spiro atoms. The molecule has 0 amide bonds. The van der Waals surface area contributed by atoms with Crippen molar-refractivity contribution in [2.24, 2.45) is 0 Å². The van der Waals surface area contributed by atoms with E-state index in [0.717, 1.165) is 16.2 Å². The number of aromatic nitrogens is 4. The van der Waals surface area contributed by atoms with E-state index in [1.54, 1.807) is 24.5 Å². The molecule has 7 nitrogen and oxygen atoms in total. The zero-order valence-corrected chi connectivity index (χ0v) is 15.3. The molecule has 4 rings (SSSR count). The molecule has 0 aliphatic heterocycles. The number of nitro benzene ring substituents is 1. The molecule has 0 N–H and O–H groups in total. The second-order valence-electron chi connectivity index (χ2n) is 6.07. The number of nitro groups is 1. The van der Waals surface area contributed by atoms with Gasteiger partial charge < -0.3 is 4.57 Å². The monoisotopic (exact) mass is 395 g/mol. The van der Waals surface area contributed by atoms with Crippen LogP contribution in [0.4, 0.5) is 10.1 Å². The summed E-state index contributed by atoms with van der Waals surface area (Å²) in [4.78, 5) is 23.4. The van der Waals surface area contributed by atoms with E-state index < -0.39 is 4.92 Å². The van der Waals surface area contributed by atoms with Crippen molar-refractivity contribution in [2.45, 2.75) is 17.3 Å². The van der Waals surface area contributed by atoms with Crippen LogP contribution in [0.15, 0.2) is 66.2 Å². The normalized spacial score (nSPS) is 11.0. The SMILES string of the molecule is O=[N+]([O-])c1ccc(CSc2ncnc3c2ncn3Cc2cccc(F)c2)cc1. The number of imidazole rings is 1. The van der Waals surface area contributed by atoms with Gasteiger partial charge in [0, 0.05) is 17.9 Å². The Morgan fingerprint density at radius 3 is 2.64 bits per heavy atom. The van der Waals surface area contributed by atoms with Gasteiger partial charge >= 0.3 is 0 Å². The molecule has 28 heavy (non-hydrogen) atoms. The van der Waals surface area contributed by atoms with E-state index in [4.69, 9.17) is 0 Å². The number of halogens is 1. The molecule has 0 unspecified atom stereocenters. The van der Waals surface area contributed by atoms with E-state index >= 15 is 0 Å². The van der Waals surface area contributed by atoms with Gasteiger partial charge in [-0.25, -0.2) is 19.3 Å². The average molecular weight is 395 g/mol. The maximum absolute atomic E-state index is 13.4. The van der Waals surface area contributed by atoms with Crippen molar-refractivity contribution < 1.29 is 9.31 Å². The van der Waals surface area contributed by atoms with Crippen molar-refractivity contribution in [3.05, 3.63) is 88.2 Å². The lowest BCUT2D eigenvalue weighted by atomic mass is 10.2. The third-order valence-corrected chi connectivity index (χ3v) is 5.18. The maximum Gasteiger partial charge on any atom is 0.269 e. The number of rotatable bonds is 6. The Bertz CT molecular complexity index is 1150. The van der Waals surface area contributed by atoms with Gasteiger partial charge in [-0.2, -0.15) is 0 Å². The Morgan fingerprint density at radius 1 is 1.07 bits per heavy atom. The molecule has 0 bridgehead atoms. The van der Waals surface area contributed by atoms with Gasteiger partial charge in [-0.3, -0.25) is 10.1 Å². The fourth-order valence-electron chi connectivity index (χ4n) is 2.78. The Morgan fingerprint density at radius 2 is 1.89 bits per heavy atom. The summed E-state index contributed by atoms with van der Waals surface area (Å²) in [5, 5.41) is 11.5. The fraction of sp³-hybridized carbons (Fsp3) is 0.105. The summed E-state index contributed by atoms with van der Waals surface area (Å²) in [5.41, 5.74) is 3.17. The summed E-state index contributed by atoms with van der Waals surface area (Å²) in [5.74, 6) is 0.316. The molecular formula is C19H14FN5O2S. The zero-order chi connectivity index (χ0) is 19.5. The van der Waals surface area contributed by atoms with Crippen LogP contribution in [0.3, 0.4) is 0 Å². The van der Waals surface area contributed by atoms with Gasteiger partial charge in [-0.1, -0.05) is 36.0 Å². The number of thioether (sulfide) groups is 1. The summed E-state index contributed by atoms with van der Waals surface area (Å²) in [6, 6.07) is 12.8. The summed E-state index contributed by atoms with van der Waals surface area (Å²) in [7, 11) is 0. The molecule has 0 saturated heterocycles. The van der Waals surface area contributed by atoms with Crippen molar-refractivity contribution in [1.82, 2.24) is 19.5 Å². The number of hydrogen-bond donors (Lipinski definition) is 0. The third kappa shape index (κ3) is 3.84. The molecule has 2 heterocycles. The van der Waals surface area contributed by atoms with E-state index in [1.165, 1.54) is 42.4 Å². The predicted octanol–water partition coefficient (Wildman–Crippen LogP) is 4.21. The van der Waals surface area contributed by atoms with Gasteiger partial charge in [0.05, 0.1) is 17.8 Å². The minimum Gasteiger partial charge on any atom is -0.311 e. The summed E-state index contributed by atoms with van der Waals surface area (Å²) >= 11 is 1.48. The van der Waals surface area contributed by atoms with Crippen molar-refractivity contribution in [2.75, 3.05) is 0 Å². The Kier molecular flexibility index (Phi) is 4.98. The van der Waals surface area contributed by atoms with Crippen LogP contribution in [0.25, 0.3) is 11.2 Å². The second kappa shape index (κ2) is 7.73. The van der Waals surface area contributed by atoms with Crippen molar-refractivity contribution in [3.8, 4) is 0 Å². The number of fused-ring (bicyclic) bond motifs is 1. The Hall–Kier alpha value is -3.33. The van der Waals surface area contributed by atoms with Gasteiger partial charge in [-0.15, -0.1) is 0 Å². The molecule has 0 radical (unpaired) electrons. The topological polar surface area (TPSA) is 86.7 Å². The molecule has 0 aliphatic rings. The van der Waals surface area contributed by atoms with E-state index in [2.05, 4.69) is 15.0 Å². The average Bonchev–Trinajstić information content (AvgIpc) is 3.10. The van der Waals surface area contributed by atoms with Gasteiger partial charge in [0.2, 0.25) is 0 Å². The van der Waals surface area contributed by atoms with Gasteiger partial charge in [0.15, 0.2) is 5.65 Å². The van der Waals surface area contributed by atoms with E-state index in [9.17, 15) is 14.5 Å². The molecule has 9 heteroatoms. The highest BCUT2D eigenvalue weighted by molar-refractivity contribution is 7.98. The predicted molar refractivity (Wildman–Crippen MR) is 103 cm³/mol. The first-order chi connectivity index (χ1) is 13.6. The summed E-state index contributed by atoms with van der Waals surface area (Å²) in [6.07, 6.45) is 3.14. The van der Waals surface area contributed by atoms with E-state index in [0.29, 0.717) is 23.5 Å². The van der Waals surface area contributed by atoms with Crippen LogP contribution in [-0.2, 0) is 12.3 Å². The number of hydrogen-bond acceptors (Lipinski definition) is 6. The minimum absolute atomic E-state index is 0.0641. The molecule has 0 saturated carbocycles. The first-order valence-corrected chi connectivity index (χ1v) is 9.35. The minimum atomic E-state index is -0.421. The van der Waals surface area contributed by atoms with Crippen LogP contribution >= 0.6 is 11.8 Å². The van der Waals surface area contributed by atoms with Crippen molar-refractivity contribution in [1.29, 1.82) is 0 Å². The molecule has 0 fully saturated rings. The largest absolute Gasteiger partial charge is 0.311 e. The molecule has 4 aromatic rings. The molecule has 2 aromatic carbocycles. The maximum atomic E-state index is 13.4. The van der Waals surface area contributed by atoms with E-state index in [1.807, 2.05) is 10.6 Å². The first-order valence-electron chi connectivity index (χ1n) is 8.36. The van der Waals surface area contributed by atoms with Crippen molar-refractivity contribution >= 4 is 28.6 Å². The standard InChI is InChI=1S/C19H14FN5O2S/c20-15-3-1-2-14(8-15)9-24-12-23-17-18(24)21-11-22-19(17)28-10-13-4-6-16(7-5-13)25(26)27/h1-8,11-12H,9-10H2. The fourth-order valence-corrected chi connectivity index (χ4v) is 3.68. The second-order valence-corrected chi connectivity index (χ2v) is 7.03. The smallest absolute Gasteiger partial charge is 0.269 e. The highest BCUT2D eigenvalue weighted by Crippen LogP contribution is 2.27. The first kappa shape index (κ1) is 18.1. The molecule has 2 aromatic heterocycles. The lowest BCUT2D eigenvalue weighted by molar-refractivity contribution is -0.384. The lowest BCUT2D eigenvalue weighted by Crippen LogP contribution is -2.00. The van der Waals surface area contributed by atoms with Gasteiger partial charge in [0.1, 0.15) is 22.7 Å². The quantitative estimate of drug-likeness (QED) is 0.210. The number of nitrogens with zero attached hydrogens (tertiary/aromatic N) is 5. The van der Waals surface area contributed by atoms with Crippen LogP contribution in [0, 0.1) is 15.9 Å². The van der Waals surface area contributed by atoms with Crippen LogP contribution < -0.4 is 0 Å². The summed E-state index contributed by atoms with van der Waals surface area (Å²) in [6.45, 7) is 0.456. The zero-order valence-electron chi connectivity index (χ0n) is 14.5. The van der Waals surface area contributed by atoms with Crippen LogP contribution in [0.1, 0.15) is 11.1 Å². The Labute approximate surface area is 163 Å². The highest BCUT2D eigenvalue weighted by atomic mass is 32.2. The van der Waals surface area contributed by atoms with Crippen LogP contribution in [0.5, 0.6) is 0 Å². The number of benzene rings is 2. The van der Waals surface area contributed by atoms with Gasteiger partial charge in [-0.05, 0) is 23.3 Å². The lowest BCUT2D eigenvalue weighted by Gasteiger charge is -2.05. The van der Waals surface area contributed by atoms with Crippen LogP contribution in [-0.4, -0.2) is 24.4 Å². The Balaban J connectivity index is 1.53. The molecule has 140 valence electrons. The molecule has 0 aliphatic carbocycles. The number of non-ortho nitro benzene ring substituents is 1. The third-order valence-electron chi connectivity index (χ3n) is 4.13.